The van der Waals surface area contributed by atoms with Crippen LogP contribution < -0.4 is 10.6 Å². The second-order valence-electron chi connectivity index (χ2n) is 7.84. The molecule has 1 aromatic rings. The molecule has 1 heterocycles. The summed E-state index contributed by atoms with van der Waals surface area (Å²) in [5, 5.41) is 10.3. The number of hydrogen-bond donors (Lipinski definition) is 2. The summed E-state index contributed by atoms with van der Waals surface area (Å²) in [4.78, 5) is 11.6. The van der Waals surface area contributed by atoms with Crippen molar-refractivity contribution in [2.75, 3.05) is 33.2 Å². The summed E-state index contributed by atoms with van der Waals surface area (Å²) in [5.41, 5.74) is 1.31. The standard InChI is InChI=1S/C20H39N5S.HI/c1-8-25(9-2)14-10-11-16(3)23-19(21-7)22-13-12-18-24-17(15-26-18)20(4,5)6;/h15-16H,8-14H2,1-7H3,(H2,21,22,23);1H. The minimum absolute atomic E-state index is 0. The molecule has 0 aliphatic heterocycles. The zero-order chi connectivity index (χ0) is 19.6. The molecule has 0 saturated carbocycles. The number of rotatable bonds is 10. The van der Waals surface area contributed by atoms with Crippen molar-refractivity contribution in [3.8, 4) is 0 Å². The lowest BCUT2D eigenvalue weighted by atomic mass is 9.93. The first-order valence-corrected chi connectivity index (χ1v) is 10.8. The average Bonchev–Trinajstić information content (AvgIpc) is 3.07. The Morgan fingerprint density at radius 3 is 2.48 bits per heavy atom. The summed E-state index contributed by atoms with van der Waals surface area (Å²) in [6, 6.07) is 0.420. The van der Waals surface area contributed by atoms with Crippen molar-refractivity contribution in [3.63, 3.8) is 0 Å². The van der Waals surface area contributed by atoms with E-state index in [-0.39, 0.29) is 29.4 Å². The molecule has 0 spiro atoms. The molecule has 2 N–H and O–H groups in total. The van der Waals surface area contributed by atoms with Crippen LogP contribution in [0.2, 0.25) is 0 Å². The molecule has 0 aliphatic rings. The van der Waals surface area contributed by atoms with E-state index in [1.807, 2.05) is 7.05 Å². The number of guanidine groups is 1. The van der Waals surface area contributed by atoms with Gasteiger partial charge in [-0.1, -0.05) is 34.6 Å². The maximum absolute atomic E-state index is 4.75. The number of aliphatic imine (C=N–C) groups is 1. The first kappa shape index (κ1) is 26.6. The van der Waals surface area contributed by atoms with Crippen LogP contribution >= 0.6 is 35.3 Å². The lowest BCUT2D eigenvalue weighted by Gasteiger charge is -2.21. The van der Waals surface area contributed by atoms with Crippen molar-refractivity contribution in [1.29, 1.82) is 0 Å². The highest BCUT2D eigenvalue weighted by Gasteiger charge is 2.17. The third kappa shape index (κ3) is 10.6. The minimum Gasteiger partial charge on any atom is -0.356 e. The van der Waals surface area contributed by atoms with Gasteiger partial charge in [-0.15, -0.1) is 35.3 Å². The zero-order valence-corrected chi connectivity index (χ0v) is 21.4. The summed E-state index contributed by atoms with van der Waals surface area (Å²) in [6.07, 6.45) is 3.29. The van der Waals surface area contributed by atoms with Gasteiger partial charge in [-0.05, 0) is 39.4 Å². The molecule has 27 heavy (non-hydrogen) atoms. The lowest BCUT2D eigenvalue weighted by Crippen LogP contribution is -2.43. The van der Waals surface area contributed by atoms with Gasteiger partial charge in [-0.3, -0.25) is 4.99 Å². The Hall–Kier alpha value is -0.410. The molecule has 0 bridgehead atoms. The second kappa shape index (κ2) is 13.7. The van der Waals surface area contributed by atoms with E-state index < -0.39 is 0 Å². The molecule has 0 aromatic carbocycles. The third-order valence-electron chi connectivity index (χ3n) is 4.56. The summed E-state index contributed by atoms with van der Waals surface area (Å²) >= 11 is 1.75. The first-order valence-electron chi connectivity index (χ1n) is 9.94. The Bertz CT molecular complexity index is 535. The van der Waals surface area contributed by atoms with Crippen LogP contribution in [0.15, 0.2) is 10.4 Å². The highest BCUT2D eigenvalue weighted by molar-refractivity contribution is 14.0. The number of aromatic nitrogens is 1. The average molecular weight is 510 g/mol. The molecular weight excluding hydrogens is 469 g/mol. The van der Waals surface area contributed by atoms with Gasteiger partial charge in [-0.2, -0.15) is 0 Å². The number of hydrogen-bond acceptors (Lipinski definition) is 4. The normalized spacial score (nSPS) is 13.4. The van der Waals surface area contributed by atoms with E-state index in [0.717, 1.165) is 38.4 Å². The van der Waals surface area contributed by atoms with Crippen LogP contribution in [0.1, 0.15) is 65.1 Å². The van der Waals surface area contributed by atoms with E-state index in [1.165, 1.54) is 23.7 Å². The summed E-state index contributed by atoms with van der Waals surface area (Å²) < 4.78 is 0. The van der Waals surface area contributed by atoms with E-state index in [0.29, 0.717) is 6.04 Å². The molecule has 1 unspecified atom stereocenters. The molecule has 0 fully saturated rings. The first-order chi connectivity index (χ1) is 12.3. The largest absolute Gasteiger partial charge is 0.356 e. The monoisotopic (exact) mass is 509 g/mol. The Morgan fingerprint density at radius 1 is 1.30 bits per heavy atom. The van der Waals surface area contributed by atoms with Gasteiger partial charge in [0.15, 0.2) is 5.96 Å². The lowest BCUT2D eigenvalue weighted by molar-refractivity contribution is 0.292. The van der Waals surface area contributed by atoms with E-state index in [2.05, 4.69) is 67.4 Å². The van der Waals surface area contributed by atoms with Crippen LogP contribution in [0.3, 0.4) is 0 Å². The molecule has 0 radical (unpaired) electrons. The van der Waals surface area contributed by atoms with Gasteiger partial charge in [0.05, 0.1) is 10.7 Å². The Labute approximate surface area is 187 Å². The van der Waals surface area contributed by atoms with E-state index >= 15 is 0 Å². The molecule has 158 valence electrons. The molecule has 0 amide bonds. The van der Waals surface area contributed by atoms with Gasteiger partial charge in [0, 0.05) is 36.9 Å². The smallest absolute Gasteiger partial charge is 0.191 e. The predicted octanol–water partition coefficient (Wildman–Crippen LogP) is 4.28. The summed E-state index contributed by atoms with van der Waals surface area (Å²) in [7, 11) is 1.83. The van der Waals surface area contributed by atoms with Gasteiger partial charge < -0.3 is 15.5 Å². The highest BCUT2D eigenvalue weighted by atomic mass is 127. The Balaban J connectivity index is 0.00000676. The van der Waals surface area contributed by atoms with Crippen molar-refractivity contribution < 1.29 is 0 Å². The third-order valence-corrected chi connectivity index (χ3v) is 5.47. The number of thiazole rings is 1. The summed E-state index contributed by atoms with van der Waals surface area (Å²) in [5.74, 6) is 0.882. The molecule has 7 heteroatoms. The van der Waals surface area contributed by atoms with Crippen molar-refractivity contribution in [1.82, 2.24) is 20.5 Å². The van der Waals surface area contributed by atoms with Crippen LogP contribution in [-0.4, -0.2) is 55.1 Å². The number of halogens is 1. The van der Waals surface area contributed by atoms with Crippen LogP contribution in [0.25, 0.3) is 0 Å². The number of nitrogens with zero attached hydrogens (tertiary/aromatic N) is 3. The highest BCUT2D eigenvalue weighted by Crippen LogP contribution is 2.23. The molecule has 1 aromatic heterocycles. The quantitative estimate of drug-likeness (QED) is 0.281. The maximum atomic E-state index is 4.75. The van der Waals surface area contributed by atoms with Crippen molar-refractivity contribution in [2.24, 2.45) is 4.99 Å². The molecule has 1 atom stereocenters. The van der Waals surface area contributed by atoms with Gasteiger partial charge >= 0.3 is 0 Å². The molecule has 0 saturated heterocycles. The second-order valence-corrected chi connectivity index (χ2v) is 8.78. The topological polar surface area (TPSA) is 52.5 Å². The maximum Gasteiger partial charge on any atom is 0.191 e. The van der Waals surface area contributed by atoms with Crippen molar-refractivity contribution >= 4 is 41.3 Å². The molecule has 5 nitrogen and oxygen atoms in total. The summed E-state index contributed by atoms with van der Waals surface area (Å²) in [6.45, 7) is 17.6. The predicted molar refractivity (Wildman–Crippen MR) is 131 cm³/mol. The molecular formula is C20H40IN5S. The van der Waals surface area contributed by atoms with Crippen LogP contribution in [0.5, 0.6) is 0 Å². The van der Waals surface area contributed by atoms with Gasteiger partial charge in [0.25, 0.3) is 0 Å². The van der Waals surface area contributed by atoms with Crippen LogP contribution in [0.4, 0.5) is 0 Å². The van der Waals surface area contributed by atoms with Crippen LogP contribution in [-0.2, 0) is 11.8 Å². The van der Waals surface area contributed by atoms with Crippen molar-refractivity contribution in [3.05, 3.63) is 16.1 Å². The SMILES string of the molecule is CCN(CC)CCCC(C)NC(=NC)NCCc1nc(C(C)(C)C)cs1.I. The van der Waals surface area contributed by atoms with Gasteiger partial charge in [0.1, 0.15) is 0 Å². The fourth-order valence-electron chi connectivity index (χ4n) is 2.72. The van der Waals surface area contributed by atoms with Crippen molar-refractivity contribution in [2.45, 2.75) is 72.3 Å². The van der Waals surface area contributed by atoms with Gasteiger partial charge in [0.2, 0.25) is 0 Å². The van der Waals surface area contributed by atoms with E-state index in [4.69, 9.17) is 4.98 Å². The van der Waals surface area contributed by atoms with E-state index in [1.54, 1.807) is 11.3 Å². The Morgan fingerprint density at radius 2 is 1.96 bits per heavy atom. The van der Waals surface area contributed by atoms with E-state index in [9.17, 15) is 0 Å². The molecule has 0 aliphatic carbocycles. The molecule has 1 rings (SSSR count). The Kier molecular flexibility index (Phi) is 13.5. The number of nitrogens with one attached hydrogen (secondary N) is 2. The fraction of sp³-hybridized carbons (Fsp3) is 0.800. The zero-order valence-electron chi connectivity index (χ0n) is 18.3. The van der Waals surface area contributed by atoms with Crippen LogP contribution in [0, 0.1) is 0 Å². The minimum atomic E-state index is 0. The fourth-order valence-corrected chi connectivity index (χ4v) is 3.74. The van der Waals surface area contributed by atoms with Gasteiger partial charge in [-0.25, -0.2) is 4.98 Å².